The van der Waals surface area contributed by atoms with Gasteiger partial charge in [0.05, 0.1) is 30.4 Å². The van der Waals surface area contributed by atoms with Crippen LogP contribution in [-0.4, -0.2) is 18.0 Å². The molecule has 138 valence electrons. The molecule has 0 spiro atoms. The lowest BCUT2D eigenvalue weighted by atomic mass is 10.2. The van der Waals surface area contributed by atoms with E-state index in [1.165, 1.54) is 18.3 Å². The Morgan fingerprint density at radius 3 is 2.59 bits per heavy atom. The van der Waals surface area contributed by atoms with Crippen LogP contribution in [0.1, 0.15) is 16.1 Å². The minimum atomic E-state index is -0.505. The van der Waals surface area contributed by atoms with Crippen molar-refractivity contribution in [1.82, 2.24) is 4.98 Å². The lowest BCUT2D eigenvalue weighted by molar-refractivity contribution is 0.102. The molecule has 0 bridgehead atoms. The van der Waals surface area contributed by atoms with Crippen LogP contribution in [0.25, 0.3) is 0 Å². The topological polar surface area (TPSA) is 63.2 Å². The van der Waals surface area contributed by atoms with Crippen molar-refractivity contribution in [3.8, 4) is 5.75 Å². The third kappa shape index (κ3) is 4.35. The van der Waals surface area contributed by atoms with Gasteiger partial charge in [-0.25, -0.2) is 9.37 Å². The second-order valence-corrected chi connectivity index (χ2v) is 6.20. The molecule has 1 aromatic heterocycles. The Hall–Kier alpha value is -3.12. The van der Waals surface area contributed by atoms with E-state index in [0.29, 0.717) is 16.5 Å². The number of carbonyl (C=O) groups excluding carboxylic acids is 1. The van der Waals surface area contributed by atoms with Crippen molar-refractivity contribution >= 4 is 34.6 Å². The molecule has 0 aliphatic rings. The summed E-state index contributed by atoms with van der Waals surface area (Å²) in [5, 5.41) is 6.28. The van der Waals surface area contributed by atoms with Crippen LogP contribution in [-0.2, 0) is 0 Å². The smallest absolute Gasteiger partial charge is 0.274 e. The quantitative estimate of drug-likeness (QED) is 0.634. The molecule has 2 aromatic carbocycles. The SMILES string of the molecule is COc1cc(Cl)c(C)cc1Nc1ccc(C(=O)Nc2ccccc2F)nc1. The van der Waals surface area contributed by atoms with Gasteiger partial charge in [0, 0.05) is 11.1 Å². The molecule has 2 N–H and O–H groups in total. The Bertz CT molecular complexity index is 977. The number of ether oxygens (including phenoxy) is 1. The Morgan fingerprint density at radius 1 is 1.15 bits per heavy atom. The fraction of sp³-hybridized carbons (Fsp3) is 0.100. The molecule has 5 nitrogen and oxygen atoms in total. The molecule has 0 aliphatic heterocycles. The van der Waals surface area contributed by atoms with Crippen molar-refractivity contribution in [2.24, 2.45) is 0 Å². The maximum atomic E-state index is 13.6. The highest BCUT2D eigenvalue weighted by Crippen LogP contribution is 2.32. The average molecular weight is 386 g/mol. The molecule has 1 heterocycles. The normalized spacial score (nSPS) is 10.4. The summed E-state index contributed by atoms with van der Waals surface area (Å²) in [6.45, 7) is 1.89. The van der Waals surface area contributed by atoms with Crippen molar-refractivity contribution in [3.63, 3.8) is 0 Å². The number of hydrogen-bond acceptors (Lipinski definition) is 4. The van der Waals surface area contributed by atoms with Crippen LogP contribution in [0.2, 0.25) is 5.02 Å². The molecule has 3 rings (SSSR count). The van der Waals surface area contributed by atoms with Gasteiger partial charge in [0.15, 0.2) is 0 Å². The van der Waals surface area contributed by atoms with Gasteiger partial charge in [0.1, 0.15) is 17.3 Å². The van der Waals surface area contributed by atoms with Crippen LogP contribution in [0, 0.1) is 12.7 Å². The predicted octanol–water partition coefficient (Wildman–Crippen LogP) is 5.19. The fourth-order valence-electron chi connectivity index (χ4n) is 2.44. The summed E-state index contributed by atoms with van der Waals surface area (Å²) in [4.78, 5) is 16.4. The number of aryl methyl sites for hydroxylation is 1. The molecule has 7 heteroatoms. The van der Waals surface area contributed by atoms with E-state index in [-0.39, 0.29) is 11.4 Å². The van der Waals surface area contributed by atoms with Crippen LogP contribution in [0.5, 0.6) is 5.75 Å². The van der Waals surface area contributed by atoms with Crippen molar-refractivity contribution in [1.29, 1.82) is 0 Å². The highest BCUT2D eigenvalue weighted by atomic mass is 35.5. The zero-order valence-corrected chi connectivity index (χ0v) is 15.5. The molecule has 0 saturated heterocycles. The first-order valence-corrected chi connectivity index (χ1v) is 8.49. The van der Waals surface area contributed by atoms with Crippen molar-refractivity contribution in [3.05, 3.63) is 76.8 Å². The second kappa shape index (κ2) is 8.05. The molecular formula is C20H17ClFN3O2. The Balaban J connectivity index is 1.75. The first-order valence-electron chi connectivity index (χ1n) is 8.11. The monoisotopic (exact) mass is 385 g/mol. The van der Waals surface area contributed by atoms with Crippen LogP contribution in [0.3, 0.4) is 0 Å². The largest absolute Gasteiger partial charge is 0.495 e. The number of rotatable bonds is 5. The Labute approximate surface area is 161 Å². The number of aromatic nitrogens is 1. The number of nitrogens with zero attached hydrogens (tertiary/aromatic N) is 1. The average Bonchev–Trinajstić information content (AvgIpc) is 2.67. The van der Waals surface area contributed by atoms with Gasteiger partial charge >= 0.3 is 0 Å². The highest BCUT2D eigenvalue weighted by molar-refractivity contribution is 6.31. The van der Waals surface area contributed by atoms with Crippen LogP contribution < -0.4 is 15.4 Å². The van der Waals surface area contributed by atoms with E-state index in [2.05, 4.69) is 15.6 Å². The van der Waals surface area contributed by atoms with Gasteiger partial charge in [0.25, 0.3) is 5.91 Å². The van der Waals surface area contributed by atoms with Gasteiger partial charge in [-0.1, -0.05) is 23.7 Å². The van der Waals surface area contributed by atoms with E-state index in [1.54, 1.807) is 37.4 Å². The lowest BCUT2D eigenvalue weighted by Gasteiger charge is -2.13. The third-order valence-corrected chi connectivity index (χ3v) is 4.29. The van der Waals surface area contributed by atoms with Crippen LogP contribution >= 0.6 is 11.6 Å². The number of benzene rings is 2. The van der Waals surface area contributed by atoms with Gasteiger partial charge in [-0.3, -0.25) is 4.79 Å². The number of methoxy groups -OCH3 is 1. The predicted molar refractivity (Wildman–Crippen MR) is 105 cm³/mol. The molecule has 0 unspecified atom stereocenters. The molecule has 3 aromatic rings. The van der Waals surface area contributed by atoms with Gasteiger partial charge in [0.2, 0.25) is 0 Å². The minimum Gasteiger partial charge on any atom is -0.495 e. The van der Waals surface area contributed by atoms with Crippen LogP contribution in [0.15, 0.2) is 54.7 Å². The maximum Gasteiger partial charge on any atom is 0.274 e. The minimum absolute atomic E-state index is 0.105. The lowest BCUT2D eigenvalue weighted by Crippen LogP contribution is -2.14. The molecule has 27 heavy (non-hydrogen) atoms. The number of pyridine rings is 1. The van der Waals surface area contributed by atoms with Gasteiger partial charge in [-0.15, -0.1) is 0 Å². The number of para-hydroxylation sites is 1. The zero-order chi connectivity index (χ0) is 19.4. The molecule has 0 aliphatic carbocycles. The molecule has 0 radical (unpaired) electrons. The van der Waals surface area contributed by atoms with Crippen molar-refractivity contribution in [2.75, 3.05) is 17.7 Å². The van der Waals surface area contributed by atoms with E-state index in [4.69, 9.17) is 16.3 Å². The highest BCUT2D eigenvalue weighted by Gasteiger charge is 2.11. The number of hydrogen-bond donors (Lipinski definition) is 2. The van der Waals surface area contributed by atoms with E-state index in [9.17, 15) is 9.18 Å². The third-order valence-electron chi connectivity index (χ3n) is 3.88. The van der Waals surface area contributed by atoms with Crippen molar-refractivity contribution < 1.29 is 13.9 Å². The van der Waals surface area contributed by atoms with Gasteiger partial charge in [-0.2, -0.15) is 0 Å². The first kappa shape index (κ1) is 18.7. The van der Waals surface area contributed by atoms with Crippen molar-refractivity contribution in [2.45, 2.75) is 6.92 Å². The van der Waals surface area contributed by atoms with Gasteiger partial charge < -0.3 is 15.4 Å². The summed E-state index contributed by atoms with van der Waals surface area (Å²) in [7, 11) is 1.56. The summed E-state index contributed by atoms with van der Waals surface area (Å²) >= 11 is 6.11. The summed E-state index contributed by atoms with van der Waals surface area (Å²) in [5.41, 5.74) is 2.56. The Morgan fingerprint density at radius 2 is 1.93 bits per heavy atom. The number of amides is 1. The summed E-state index contributed by atoms with van der Waals surface area (Å²) in [6, 6.07) is 12.8. The Kier molecular flexibility index (Phi) is 5.57. The summed E-state index contributed by atoms with van der Waals surface area (Å²) in [6.07, 6.45) is 1.51. The molecule has 0 fully saturated rings. The number of nitrogens with one attached hydrogen (secondary N) is 2. The second-order valence-electron chi connectivity index (χ2n) is 5.79. The standard InChI is InChI=1S/C20H17ClFN3O2/c1-12-9-18(19(27-2)10-14(12)21)24-13-7-8-17(23-11-13)20(26)25-16-6-4-3-5-15(16)22/h3-11,24H,1-2H3,(H,25,26). The van der Waals surface area contributed by atoms with Crippen LogP contribution in [0.4, 0.5) is 21.5 Å². The van der Waals surface area contributed by atoms with E-state index in [1.807, 2.05) is 13.0 Å². The maximum absolute atomic E-state index is 13.6. The summed E-state index contributed by atoms with van der Waals surface area (Å²) in [5.74, 6) is -0.409. The van der Waals surface area contributed by atoms with Gasteiger partial charge in [-0.05, 0) is 42.8 Å². The molecule has 0 saturated carbocycles. The fourth-order valence-corrected chi connectivity index (χ4v) is 2.59. The first-order chi connectivity index (χ1) is 13.0. The molecular weight excluding hydrogens is 369 g/mol. The van der Waals surface area contributed by atoms with E-state index >= 15 is 0 Å². The van der Waals surface area contributed by atoms with E-state index < -0.39 is 11.7 Å². The number of halogens is 2. The van der Waals surface area contributed by atoms with E-state index in [0.717, 1.165) is 11.3 Å². The molecule has 1 amide bonds. The number of carbonyl (C=O) groups is 1. The number of anilines is 3. The molecule has 0 atom stereocenters. The summed E-state index contributed by atoms with van der Waals surface area (Å²) < 4.78 is 19.0. The zero-order valence-electron chi connectivity index (χ0n) is 14.7.